The van der Waals surface area contributed by atoms with Gasteiger partial charge in [-0.15, -0.1) is 0 Å². The van der Waals surface area contributed by atoms with Gasteiger partial charge in [0, 0.05) is 0 Å². The summed E-state index contributed by atoms with van der Waals surface area (Å²) in [6.07, 6.45) is -1.40. The smallest absolute Gasteiger partial charge is 0.297 e. The molecule has 0 saturated carbocycles. The van der Waals surface area contributed by atoms with Crippen LogP contribution in [0.15, 0.2) is 47.4 Å². The molecule has 0 fully saturated rings. The number of fused-ring (bicyclic) bond motifs is 1. The molecule has 25 heavy (non-hydrogen) atoms. The van der Waals surface area contributed by atoms with Crippen LogP contribution in [0.2, 0.25) is 0 Å². The first-order chi connectivity index (χ1) is 11.9. The van der Waals surface area contributed by atoms with Gasteiger partial charge in [-0.05, 0) is 48.7 Å². The Morgan fingerprint density at radius 1 is 1.28 bits per heavy atom. The molecule has 0 saturated heterocycles. The highest BCUT2D eigenvalue weighted by molar-refractivity contribution is 7.86. The van der Waals surface area contributed by atoms with Gasteiger partial charge in [-0.2, -0.15) is 8.42 Å². The topological polar surface area (TPSA) is 72.8 Å². The number of halogens is 1. The van der Waals surface area contributed by atoms with Gasteiger partial charge < -0.3 is 9.84 Å². The molecule has 7 heteroatoms. The SMILES string of the molecule is Cc1ccc(S(=O)(=O)OCC(O)C2OCCc3cc(F)ccc32)cc1. The zero-order chi connectivity index (χ0) is 18.0. The number of hydrogen-bond acceptors (Lipinski definition) is 5. The zero-order valence-corrected chi connectivity index (χ0v) is 14.5. The first-order valence-corrected chi connectivity index (χ1v) is 9.32. The van der Waals surface area contributed by atoms with Crippen molar-refractivity contribution in [3.8, 4) is 0 Å². The highest BCUT2D eigenvalue weighted by atomic mass is 32.2. The minimum atomic E-state index is -3.97. The second-order valence-corrected chi connectivity index (χ2v) is 7.62. The maximum absolute atomic E-state index is 13.3. The van der Waals surface area contributed by atoms with E-state index in [0.29, 0.717) is 18.6 Å². The maximum atomic E-state index is 13.3. The molecule has 1 N–H and O–H groups in total. The lowest BCUT2D eigenvalue weighted by atomic mass is 9.94. The van der Waals surface area contributed by atoms with E-state index in [1.807, 2.05) is 6.92 Å². The van der Waals surface area contributed by atoms with Crippen molar-refractivity contribution in [2.75, 3.05) is 13.2 Å². The van der Waals surface area contributed by atoms with E-state index < -0.39 is 28.9 Å². The summed E-state index contributed by atoms with van der Waals surface area (Å²) in [4.78, 5) is 0.0253. The third kappa shape index (κ3) is 4.07. The molecule has 2 aromatic rings. The summed E-state index contributed by atoms with van der Waals surface area (Å²) in [5.41, 5.74) is 2.33. The van der Waals surface area contributed by atoms with E-state index in [-0.39, 0.29) is 10.7 Å². The lowest BCUT2D eigenvalue weighted by Gasteiger charge is -2.29. The Kier molecular flexibility index (Phi) is 5.19. The van der Waals surface area contributed by atoms with E-state index in [4.69, 9.17) is 8.92 Å². The third-order valence-corrected chi connectivity index (χ3v) is 5.43. The van der Waals surface area contributed by atoms with Gasteiger partial charge in [-0.25, -0.2) is 4.39 Å². The first kappa shape index (κ1) is 18.0. The van der Waals surface area contributed by atoms with E-state index in [1.165, 1.54) is 24.3 Å². The molecule has 1 aliphatic rings. The number of rotatable bonds is 5. The van der Waals surface area contributed by atoms with E-state index in [1.54, 1.807) is 18.2 Å². The van der Waals surface area contributed by atoms with Crippen molar-refractivity contribution in [3.05, 3.63) is 65.0 Å². The van der Waals surface area contributed by atoms with Crippen LogP contribution < -0.4 is 0 Å². The largest absolute Gasteiger partial charge is 0.388 e. The average molecular weight is 366 g/mol. The van der Waals surface area contributed by atoms with Crippen molar-refractivity contribution >= 4 is 10.1 Å². The van der Waals surface area contributed by atoms with Gasteiger partial charge in [0.05, 0.1) is 18.1 Å². The Morgan fingerprint density at radius 3 is 2.72 bits per heavy atom. The number of aliphatic hydroxyl groups excluding tert-OH is 1. The van der Waals surface area contributed by atoms with Crippen molar-refractivity contribution in [2.24, 2.45) is 0 Å². The summed E-state index contributed by atoms with van der Waals surface area (Å²) in [6, 6.07) is 10.5. The number of hydrogen-bond donors (Lipinski definition) is 1. The van der Waals surface area contributed by atoms with Crippen LogP contribution in [0.1, 0.15) is 22.8 Å². The van der Waals surface area contributed by atoms with Gasteiger partial charge in [0.2, 0.25) is 0 Å². The molecule has 0 spiro atoms. The molecule has 2 aromatic carbocycles. The fourth-order valence-corrected chi connectivity index (χ4v) is 3.72. The number of aryl methyl sites for hydroxylation is 1. The molecule has 1 aliphatic heterocycles. The molecule has 134 valence electrons. The molecule has 0 radical (unpaired) electrons. The van der Waals surface area contributed by atoms with Crippen molar-refractivity contribution in [1.82, 2.24) is 0 Å². The molecule has 5 nitrogen and oxygen atoms in total. The maximum Gasteiger partial charge on any atom is 0.297 e. The van der Waals surface area contributed by atoms with Crippen LogP contribution in [0.5, 0.6) is 0 Å². The molecule has 0 aromatic heterocycles. The molecule has 2 unspecified atom stereocenters. The van der Waals surface area contributed by atoms with Crippen molar-refractivity contribution in [2.45, 2.75) is 30.4 Å². The quantitative estimate of drug-likeness (QED) is 0.823. The Bertz CT molecular complexity index is 848. The van der Waals surface area contributed by atoms with E-state index in [2.05, 4.69) is 0 Å². The van der Waals surface area contributed by atoms with Gasteiger partial charge >= 0.3 is 0 Å². The molecular weight excluding hydrogens is 347 g/mol. The van der Waals surface area contributed by atoms with Gasteiger partial charge in [0.15, 0.2) is 0 Å². The van der Waals surface area contributed by atoms with Crippen LogP contribution in [0, 0.1) is 12.7 Å². The summed E-state index contributed by atoms with van der Waals surface area (Å²) in [5.74, 6) is -0.355. The second-order valence-electron chi connectivity index (χ2n) is 6.00. The molecule has 2 atom stereocenters. The monoisotopic (exact) mass is 366 g/mol. The van der Waals surface area contributed by atoms with Gasteiger partial charge in [0.25, 0.3) is 10.1 Å². The van der Waals surface area contributed by atoms with E-state index in [9.17, 15) is 17.9 Å². The highest BCUT2D eigenvalue weighted by Crippen LogP contribution is 2.30. The Morgan fingerprint density at radius 2 is 2.00 bits per heavy atom. The Hall–Kier alpha value is -1.80. The molecule has 0 amide bonds. The Labute approximate surface area is 146 Å². The highest BCUT2D eigenvalue weighted by Gasteiger charge is 2.29. The van der Waals surface area contributed by atoms with Crippen molar-refractivity contribution < 1.29 is 26.8 Å². The van der Waals surface area contributed by atoms with Crippen LogP contribution in [0.3, 0.4) is 0 Å². The fourth-order valence-electron chi connectivity index (χ4n) is 2.79. The minimum Gasteiger partial charge on any atom is -0.388 e. The van der Waals surface area contributed by atoms with Gasteiger partial charge in [0.1, 0.15) is 18.0 Å². The van der Waals surface area contributed by atoms with Gasteiger partial charge in [-0.1, -0.05) is 23.8 Å². The molecule has 0 bridgehead atoms. The summed E-state index contributed by atoms with van der Waals surface area (Å²) >= 11 is 0. The Balaban J connectivity index is 1.71. The molecule has 3 rings (SSSR count). The van der Waals surface area contributed by atoms with Crippen LogP contribution >= 0.6 is 0 Å². The fraction of sp³-hybridized carbons (Fsp3) is 0.333. The van der Waals surface area contributed by atoms with Crippen LogP contribution in [0.4, 0.5) is 4.39 Å². The van der Waals surface area contributed by atoms with Crippen molar-refractivity contribution in [3.63, 3.8) is 0 Å². The molecular formula is C18H19FO5S. The van der Waals surface area contributed by atoms with Crippen molar-refractivity contribution in [1.29, 1.82) is 0 Å². The normalized spacial score (nSPS) is 18.6. The minimum absolute atomic E-state index is 0.0253. The van der Waals surface area contributed by atoms with Gasteiger partial charge in [-0.3, -0.25) is 4.18 Å². The summed E-state index contributed by atoms with van der Waals surface area (Å²) < 4.78 is 48.3. The average Bonchev–Trinajstić information content (AvgIpc) is 2.59. The summed E-state index contributed by atoms with van der Waals surface area (Å²) in [6.45, 7) is 1.72. The predicted molar refractivity (Wildman–Crippen MR) is 89.1 cm³/mol. The molecule has 1 heterocycles. The summed E-state index contributed by atoms with van der Waals surface area (Å²) in [7, 11) is -3.97. The number of benzene rings is 2. The lowest BCUT2D eigenvalue weighted by Crippen LogP contribution is -2.31. The second kappa shape index (κ2) is 7.21. The van der Waals surface area contributed by atoms with Crippen LogP contribution in [-0.2, 0) is 25.5 Å². The predicted octanol–water partition coefficient (Wildman–Crippen LogP) is 2.51. The number of aliphatic hydroxyl groups is 1. The standard InChI is InChI=1S/C18H19FO5S/c1-12-2-5-15(6-3-12)25(21,22)24-11-17(20)18-16-7-4-14(19)10-13(16)8-9-23-18/h2-7,10,17-18,20H,8-9,11H2,1H3. The van der Waals surface area contributed by atoms with Crippen LogP contribution in [0.25, 0.3) is 0 Å². The number of ether oxygens (including phenoxy) is 1. The van der Waals surface area contributed by atoms with E-state index >= 15 is 0 Å². The van der Waals surface area contributed by atoms with E-state index in [0.717, 1.165) is 11.1 Å². The van der Waals surface area contributed by atoms with Crippen LogP contribution in [-0.4, -0.2) is 32.8 Å². The lowest BCUT2D eigenvalue weighted by molar-refractivity contribution is -0.0613. The third-order valence-electron chi connectivity index (χ3n) is 4.13. The first-order valence-electron chi connectivity index (χ1n) is 7.91. The summed E-state index contributed by atoms with van der Waals surface area (Å²) in [5, 5.41) is 10.3. The zero-order valence-electron chi connectivity index (χ0n) is 13.7. The molecule has 0 aliphatic carbocycles.